The van der Waals surface area contributed by atoms with Gasteiger partial charge in [-0.05, 0) is 50.5 Å². The number of unbranched alkanes of at least 4 members (excludes halogenated alkanes) is 3. The van der Waals surface area contributed by atoms with Gasteiger partial charge < -0.3 is 9.47 Å². The highest BCUT2D eigenvalue weighted by Crippen LogP contribution is 2.46. The highest BCUT2D eigenvalue weighted by atomic mass is 32.3. The van der Waals surface area contributed by atoms with Crippen molar-refractivity contribution in [2.75, 3.05) is 32.0 Å². The van der Waals surface area contributed by atoms with Crippen molar-refractivity contribution in [1.29, 1.82) is 0 Å². The Hall–Kier alpha value is 0.0200. The van der Waals surface area contributed by atoms with E-state index in [4.69, 9.17) is 9.47 Å². The van der Waals surface area contributed by atoms with Crippen molar-refractivity contribution in [2.24, 2.45) is 0 Å². The molecule has 144 valence electrons. The number of nitrogens with zero attached hydrogens (tertiary/aromatic N) is 1. The molecular formula is C18H31NO2S4. The van der Waals surface area contributed by atoms with Crippen LogP contribution in [0.2, 0.25) is 0 Å². The molecule has 2 heterocycles. The predicted molar refractivity (Wildman–Crippen MR) is 118 cm³/mol. The summed E-state index contributed by atoms with van der Waals surface area (Å²) in [4.78, 5) is 4.10. The van der Waals surface area contributed by atoms with Crippen LogP contribution in [-0.4, -0.2) is 40.4 Å². The first kappa shape index (κ1) is 23.1. The highest BCUT2D eigenvalue weighted by Gasteiger charge is 2.25. The fourth-order valence-electron chi connectivity index (χ4n) is 2.28. The van der Waals surface area contributed by atoms with E-state index in [9.17, 15) is 0 Å². The summed E-state index contributed by atoms with van der Waals surface area (Å²) >= 11 is 7.50. The van der Waals surface area contributed by atoms with Crippen LogP contribution in [0.3, 0.4) is 0 Å². The van der Waals surface area contributed by atoms with Gasteiger partial charge in [0, 0.05) is 11.6 Å². The van der Waals surface area contributed by atoms with E-state index in [-0.39, 0.29) is 0 Å². The van der Waals surface area contributed by atoms with Crippen molar-refractivity contribution in [3.05, 3.63) is 23.9 Å². The van der Waals surface area contributed by atoms with Crippen LogP contribution in [0.5, 0.6) is 5.19 Å². The Morgan fingerprint density at radius 2 is 1.92 bits per heavy atom. The lowest BCUT2D eigenvalue weighted by Crippen LogP contribution is -2.13. The van der Waals surface area contributed by atoms with Gasteiger partial charge in [-0.15, -0.1) is 35.3 Å². The molecule has 0 unspecified atom stereocenters. The Balaban J connectivity index is 0.000000435. The van der Waals surface area contributed by atoms with Gasteiger partial charge in [0.25, 0.3) is 5.19 Å². The molecule has 25 heavy (non-hydrogen) atoms. The molecule has 0 atom stereocenters. The van der Waals surface area contributed by atoms with Crippen LogP contribution in [0.4, 0.5) is 0 Å². The van der Waals surface area contributed by atoms with Crippen molar-refractivity contribution in [3.63, 3.8) is 0 Å². The summed E-state index contributed by atoms with van der Waals surface area (Å²) < 4.78 is 10.8. The van der Waals surface area contributed by atoms with Gasteiger partial charge in [0.1, 0.15) is 3.41 Å². The van der Waals surface area contributed by atoms with Crippen LogP contribution in [0.25, 0.3) is 0 Å². The maximum Gasteiger partial charge on any atom is 0.273 e. The molecule has 0 aliphatic carbocycles. The SMILES string of the molecule is C1=COCCC1.CSC(CCCCCCOc1nccs1)(SC)SC. The molecule has 7 heteroatoms. The summed E-state index contributed by atoms with van der Waals surface area (Å²) in [6, 6.07) is 0. The van der Waals surface area contributed by atoms with Crippen molar-refractivity contribution >= 4 is 46.6 Å². The minimum absolute atomic E-state index is 0.359. The molecule has 0 bridgehead atoms. The summed E-state index contributed by atoms with van der Waals surface area (Å²) in [7, 11) is 0. The van der Waals surface area contributed by atoms with Gasteiger partial charge in [-0.3, -0.25) is 0 Å². The van der Waals surface area contributed by atoms with Crippen LogP contribution < -0.4 is 4.74 Å². The molecule has 0 fully saturated rings. The molecule has 3 nitrogen and oxygen atoms in total. The molecular weight excluding hydrogens is 390 g/mol. The lowest BCUT2D eigenvalue weighted by Gasteiger charge is -2.27. The second-order valence-corrected chi connectivity index (χ2v) is 10.4. The number of rotatable bonds is 11. The quantitative estimate of drug-likeness (QED) is 0.298. The maximum atomic E-state index is 5.55. The zero-order chi connectivity index (χ0) is 18.2. The summed E-state index contributed by atoms with van der Waals surface area (Å²) in [5.74, 6) is 0. The van der Waals surface area contributed by atoms with Crippen molar-refractivity contribution < 1.29 is 9.47 Å². The number of hydrogen-bond acceptors (Lipinski definition) is 7. The lowest BCUT2D eigenvalue weighted by atomic mass is 10.2. The van der Waals surface area contributed by atoms with E-state index in [1.54, 1.807) is 23.8 Å². The molecule has 0 saturated carbocycles. The molecule has 0 amide bonds. The average molecular weight is 422 g/mol. The van der Waals surface area contributed by atoms with Crippen LogP contribution in [0.15, 0.2) is 23.9 Å². The molecule has 1 aliphatic heterocycles. The number of ether oxygens (including phenoxy) is 2. The first-order valence-corrected chi connectivity index (χ1v) is 13.3. The Morgan fingerprint density at radius 1 is 1.16 bits per heavy atom. The van der Waals surface area contributed by atoms with Gasteiger partial charge in [-0.2, -0.15) is 0 Å². The lowest BCUT2D eigenvalue weighted by molar-refractivity contribution is 0.231. The van der Waals surface area contributed by atoms with E-state index in [0.29, 0.717) is 3.41 Å². The van der Waals surface area contributed by atoms with Crippen molar-refractivity contribution in [1.82, 2.24) is 4.98 Å². The number of aromatic nitrogens is 1. The minimum Gasteiger partial charge on any atom is -0.502 e. The number of hydrogen-bond donors (Lipinski definition) is 0. The van der Waals surface area contributed by atoms with Crippen LogP contribution in [-0.2, 0) is 4.74 Å². The largest absolute Gasteiger partial charge is 0.502 e. The number of thiazole rings is 1. The van der Waals surface area contributed by atoms with E-state index in [1.807, 2.05) is 46.7 Å². The first-order valence-electron chi connectivity index (χ1n) is 8.70. The molecule has 0 spiro atoms. The van der Waals surface area contributed by atoms with Crippen LogP contribution >= 0.6 is 46.6 Å². The van der Waals surface area contributed by atoms with Crippen molar-refractivity contribution in [3.8, 4) is 5.19 Å². The molecule has 1 aromatic rings. The number of thioether (sulfide) groups is 3. The van der Waals surface area contributed by atoms with E-state index in [0.717, 1.165) is 24.8 Å². The summed E-state index contributed by atoms with van der Waals surface area (Å²) in [6.07, 6.45) is 20.9. The van der Waals surface area contributed by atoms with Crippen LogP contribution in [0, 0.1) is 0 Å². The van der Waals surface area contributed by atoms with Gasteiger partial charge >= 0.3 is 0 Å². The Labute approximate surface area is 170 Å². The Bertz CT molecular complexity index is 420. The van der Waals surface area contributed by atoms with E-state index >= 15 is 0 Å². The topological polar surface area (TPSA) is 31.4 Å². The zero-order valence-electron chi connectivity index (χ0n) is 15.6. The normalized spacial score (nSPS) is 13.7. The molecule has 0 aromatic carbocycles. The summed E-state index contributed by atoms with van der Waals surface area (Å²) in [5, 5.41) is 2.74. The van der Waals surface area contributed by atoms with Gasteiger partial charge in [0.2, 0.25) is 0 Å². The predicted octanol–water partition coefficient (Wildman–Crippen LogP) is 6.53. The van der Waals surface area contributed by atoms with Crippen LogP contribution in [0.1, 0.15) is 44.9 Å². The van der Waals surface area contributed by atoms with E-state index in [2.05, 4.69) is 23.8 Å². The summed E-state index contributed by atoms with van der Waals surface area (Å²) in [6.45, 7) is 1.71. The molecule has 0 saturated heterocycles. The molecule has 1 aromatic heterocycles. The van der Waals surface area contributed by atoms with Gasteiger partial charge in [-0.25, -0.2) is 4.98 Å². The summed E-state index contributed by atoms with van der Waals surface area (Å²) in [5.41, 5.74) is 0. The van der Waals surface area contributed by atoms with E-state index in [1.165, 1.54) is 38.5 Å². The van der Waals surface area contributed by atoms with Gasteiger partial charge in [0.05, 0.1) is 19.5 Å². The van der Waals surface area contributed by atoms with Gasteiger partial charge in [-0.1, -0.05) is 30.6 Å². The molecule has 0 N–H and O–H groups in total. The Kier molecular flexibility index (Phi) is 13.9. The maximum absolute atomic E-state index is 5.55. The first-order chi connectivity index (χ1) is 12.3. The molecule has 2 rings (SSSR count). The fourth-order valence-corrected chi connectivity index (χ4v) is 5.84. The second kappa shape index (κ2) is 15.1. The smallest absolute Gasteiger partial charge is 0.273 e. The third kappa shape index (κ3) is 10.7. The molecule has 1 aliphatic rings. The van der Waals surface area contributed by atoms with E-state index < -0.39 is 0 Å². The second-order valence-electron chi connectivity index (χ2n) is 5.49. The third-order valence-corrected chi connectivity index (χ3v) is 9.93. The highest BCUT2D eigenvalue weighted by molar-refractivity contribution is 8.33. The standard InChI is InChI=1S/C13H23NOS4.C5H8O/c1-16-13(17-2,18-3)8-6-4-5-7-10-15-12-14-9-11-19-12;1-2-4-6-5-3-1/h9,11H,4-8,10H2,1-3H3;2,4H,1,3,5H2. The molecule has 0 radical (unpaired) electrons. The third-order valence-electron chi connectivity index (χ3n) is 3.77. The average Bonchev–Trinajstić information content (AvgIpc) is 3.20. The van der Waals surface area contributed by atoms with Gasteiger partial charge in [0.15, 0.2) is 0 Å². The zero-order valence-corrected chi connectivity index (χ0v) is 18.8. The fraction of sp³-hybridized carbons (Fsp3) is 0.722. The Morgan fingerprint density at radius 3 is 2.40 bits per heavy atom. The number of allylic oxidation sites excluding steroid dienone is 1. The minimum atomic E-state index is 0.359. The monoisotopic (exact) mass is 421 g/mol. The van der Waals surface area contributed by atoms with Crippen molar-refractivity contribution in [2.45, 2.75) is 48.4 Å².